The molecule has 19 heavy (non-hydrogen) atoms. The highest BCUT2D eigenvalue weighted by molar-refractivity contribution is 7.07. The maximum absolute atomic E-state index is 11.3. The molecule has 7 heteroatoms. The van der Waals surface area contributed by atoms with Gasteiger partial charge in [-0.25, -0.2) is 4.98 Å². The molecule has 0 radical (unpaired) electrons. The maximum atomic E-state index is 11.3. The molecule has 1 aromatic heterocycles. The second kappa shape index (κ2) is 4.77. The average molecular weight is 276 g/mol. The number of amides is 1. The molecule has 0 atom stereocenters. The number of fused-ring (bicyclic) bond motifs is 1. The van der Waals surface area contributed by atoms with E-state index in [0.717, 1.165) is 11.4 Å². The summed E-state index contributed by atoms with van der Waals surface area (Å²) in [5.74, 6) is 0.430. The van der Waals surface area contributed by atoms with Gasteiger partial charge >= 0.3 is 0 Å². The van der Waals surface area contributed by atoms with Crippen molar-refractivity contribution in [3.8, 4) is 5.75 Å². The number of hydrogen-bond donors (Lipinski definition) is 3. The van der Waals surface area contributed by atoms with Crippen LogP contribution >= 0.6 is 11.3 Å². The highest BCUT2D eigenvalue weighted by Gasteiger charge is 2.17. The molecular formula is C12H12N4O2S. The smallest absolute Gasteiger partial charge is 0.262 e. The van der Waals surface area contributed by atoms with Gasteiger partial charge in [-0.3, -0.25) is 4.79 Å². The van der Waals surface area contributed by atoms with Gasteiger partial charge in [0.05, 0.1) is 34.8 Å². The van der Waals surface area contributed by atoms with Crippen LogP contribution in [0.15, 0.2) is 23.0 Å². The molecule has 1 aliphatic heterocycles. The molecule has 4 N–H and O–H groups in total. The van der Waals surface area contributed by atoms with E-state index in [-0.39, 0.29) is 12.5 Å². The monoisotopic (exact) mass is 276 g/mol. The van der Waals surface area contributed by atoms with E-state index in [0.29, 0.717) is 23.7 Å². The SMILES string of the molecule is Nc1cc2c(cc1NCc1cscn1)NC(=O)CO2. The number of hydrogen-bond acceptors (Lipinski definition) is 6. The van der Waals surface area contributed by atoms with Crippen LogP contribution in [0.5, 0.6) is 5.75 Å². The van der Waals surface area contributed by atoms with Crippen LogP contribution in [-0.2, 0) is 11.3 Å². The minimum atomic E-state index is -0.164. The lowest BCUT2D eigenvalue weighted by Crippen LogP contribution is -2.25. The summed E-state index contributed by atoms with van der Waals surface area (Å²) in [7, 11) is 0. The number of nitrogens with two attached hydrogens (primary N) is 1. The van der Waals surface area contributed by atoms with Crippen molar-refractivity contribution in [1.29, 1.82) is 0 Å². The van der Waals surface area contributed by atoms with E-state index in [1.54, 1.807) is 29.0 Å². The number of ether oxygens (including phenoxy) is 1. The molecule has 3 rings (SSSR count). The fraction of sp³-hybridized carbons (Fsp3) is 0.167. The number of benzene rings is 1. The van der Waals surface area contributed by atoms with E-state index in [4.69, 9.17) is 10.5 Å². The van der Waals surface area contributed by atoms with Gasteiger partial charge < -0.3 is 21.1 Å². The highest BCUT2D eigenvalue weighted by atomic mass is 32.1. The van der Waals surface area contributed by atoms with Crippen LogP contribution < -0.4 is 21.1 Å². The fourth-order valence-electron chi connectivity index (χ4n) is 1.81. The molecule has 1 aromatic carbocycles. The van der Waals surface area contributed by atoms with Gasteiger partial charge in [-0.05, 0) is 6.07 Å². The summed E-state index contributed by atoms with van der Waals surface area (Å²) < 4.78 is 5.29. The van der Waals surface area contributed by atoms with E-state index in [1.807, 2.05) is 5.38 Å². The standard InChI is InChI=1S/C12H12N4O2S/c13-8-1-11-10(16-12(17)4-18-11)2-9(8)14-3-7-5-19-6-15-7/h1-2,5-6,14H,3-4,13H2,(H,16,17). The summed E-state index contributed by atoms with van der Waals surface area (Å²) in [6.07, 6.45) is 0. The number of carbonyl (C=O) groups is 1. The average Bonchev–Trinajstić information content (AvgIpc) is 2.90. The predicted molar refractivity (Wildman–Crippen MR) is 74.4 cm³/mol. The second-order valence-electron chi connectivity index (χ2n) is 4.11. The lowest BCUT2D eigenvalue weighted by Gasteiger charge is -2.20. The van der Waals surface area contributed by atoms with Crippen LogP contribution in [0.3, 0.4) is 0 Å². The van der Waals surface area contributed by atoms with E-state index in [1.165, 1.54) is 0 Å². The summed E-state index contributed by atoms with van der Waals surface area (Å²) in [5.41, 5.74) is 10.6. The number of nitrogen functional groups attached to an aromatic ring is 1. The number of nitrogens with zero attached hydrogens (tertiary/aromatic N) is 1. The zero-order chi connectivity index (χ0) is 13.2. The van der Waals surface area contributed by atoms with Gasteiger partial charge in [0.25, 0.3) is 5.91 Å². The van der Waals surface area contributed by atoms with Crippen molar-refractivity contribution in [2.24, 2.45) is 0 Å². The van der Waals surface area contributed by atoms with Crippen molar-refractivity contribution in [3.63, 3.8) is 0 Å². The topological polar surface area (TPSA) is 89.3 Å². The number of rotatable bonds is 3. The Morgan fingerprint density at radius 2 is 2.42 bits per heavy atom. The van der Waals surface area contributed by atoms with Crippen LogP contribution in [-0.4, -0.2) is 17.5 Å². The molecule has 0 saturated carbocycles. The summed E-state index contributed by atoms with van der Waals surface area (Å²) in [6, 6.07) is 3.48. The Kier molecular flexibility index (Phi) is 2.96. The highest BCUT2D eigenvalue weighted by Crippen LogP contribution is 2.35. The Morgan fingerprint density at radius 3 is 3.21 bits per heavy atom. The van der Waals surface area contributed by atoms with Gasteiger partial charge in [-0.1, -0.05) is 0 Å². The molecule has 6 nitrogen and oxygen atoms in total. The van der Waals surface area contributed by atoms with E-state index in [2.05, 4.69) is 15.6 Å². The van der Waals surface area contributed by atoms with Crippen molar-refractivity contribution in [2.45, 2.75) is 6.54 Å². The molecule has 1 aliphatic rings. The molecule has 2 aromatic rings. The van der Waals surface area contributed by atoms with Gasteiger partial charge in [-0.2, -0.15) is 0 Å². The van der Waals surface area contributed by atoms with Gasteiger partial charge in [0, 0.05) is 11.4 Å². The molecule has 2 heterocycles. The van der Waals surface area contributed by atoms with Gasteiger partial charge in [0.1, 0.15) is 5.75 Å². The largest absolute Gasteiger partial charge is 0.482 e. The third-order valence-electron chi connectivity index (χ3n) is 2.73. The zero-order valence-electron chi connectivity index (χ0n) is 9.97. The number of nitrogens with one attached hydrogen (secondary N) is 2. The first-order valence-electron chi connectivity index (χ1n) is 5.69. The van der Waals surface area contributed by atoms with E-state index >= 15 is 0 Å². The predicted octanol–water partition coefficient (Wildman–Crippen LogP) is 1.67. The maximum Gasteiger partial charge on any atom is 0.262 e. The summed E-state index contributed by atoms with van der Waals surface area (Å²) in [4.78, 5) is 15.5. The molecule has 0 spiro atoms. The van der Waals surface area contributed by atoms with Crippen molar-refractivity contribution >= 4 is 34.3 Å². The third kappa shape index (κ3) is 2.45. The first-order chi connectivity index (χ1) is 9.22. The normalized spacial score (nSPS) is 13.4. The number of anilines is 3. The number of aromatic nitrogens is 1. The fourth-order valence-corrected chi connectivity index (χ4v) is 2.36. The first kappa shape index (κ1) is 11.8. The van der Waals surface area contributed by atoms with E-state index in [9.17, 15) is 4.79 Å². The Labute approximate surface area is 113 Å². The Bertz CT molecular complexity index is 612. The minimum Gasteiger partial charge on any atom is -0.482 e. The molecule has 0 fully saturated rings. The van der Waals surface area contributed by atoms with Crippen LogP contribution in [0.4, 0.5) is 17.1 Å². The summed E-state index contributed by atoms with van der Waals surface area (Å²) in [5, 5.41) is 7.90. The quantitative estimate of drug-likeness (QED) is 0.742. The molecule has 0 unspecified atom stereocenters. The van der Waals surface area contributed by atoms with Crippen LogP contribution in [0.2, 0.25) is 0 Å². The Hall–Kier alpha value is -2.28. The molecule has 98 valence electrons. The molecule has 1 amide bonds. The first-order valence-corrected chi connectivity index (χ1v) is 6.64. The van der Waals surface area contributed by atoms with Gasteiger partial charge in [0.15, 0.2) is 6.61 Å². The minimum absolute atomic E-state index is 0.0258. The van der Waals surface area contributed by atoms with Crippen molar-refractivity contribution in [1.82, 2.24) is 4.98 Å². The number of carbonyl (C=O) groups excluding carboxylic acids is 1. The van der Waals surface area contributed by atoms with Crippen LogP contribution in [0.1, 0.15) is 5.69 Å². The lowest BCUT2D eigenvalue weighted by molar-refractivity contribution is -0.118. The second-order valence-corrected chi connectivity index (χ2v) is 4.82. The van der Waals surface area contributed by atoms with Gasteiger partial charge in [0.2, 0.25) is 0 Å². The lowest BCUT2D eigenvalue weighted by atomic mass is 10.2. The molecule has 0 aliphatic carbocycles. The van der Waals surface area contributed by atoms with Gasteiger partial charge in [-0.15, -0.1) is 11.3 Å². The summed E-state index contributed by atoms with van der Waals surface area (Å²) in [6.45, 7) is 0.610. The van der Waals surface area contributed by atoms with Crippen molar-refractivity contribution in [3.05, 3.63) is 28.7 Å². The van der Waals surface area contributed by atoms with Crippen molar-refractivity contribution < 1.29 is 9.53 Å². The zero-order valence-corrected chi connectivity index (χ0v) is 10.8. The van der Waals surface area contributed by atoms with Crippen molar-refractivity contribution in [2.75, 3.05) is 23.0 Å². The molecule has 0 bridgehead atoms. The third-order valence-corrected chi connectivity index (χ3v) is 3.36. The number of thiazole rings is 1. The van der Waals surface area contributed by atoms with Crippen LogP contribution in [0.25, 0.3) is 0 Å². The Morgan fingerprint density at radius 1 is 1.53 bits per heavy atom. The van der Waals surface area contributed by atoms with E-state index < -0.39 is 0 Å². The molecule has 0 saturated heterocycles. The molecular weight excluding hydrogens is 264 g/mol. The summed E-state index contributed by atoms with van der Waals surface area (Å²) >= 11 is 1.54. The van der Waals surface area contributed by atoms with Crippen LogP contribution in [0, 0.1) is 0 Å². The Balaban J connectivity index is 1.81.